The first-order chi connectivity index (χ1) is 14.8. The second-order valence-electron chi connectivity index (χ2n) is 5.17. The van der Waals surface area contributed by atoms with Crippen molar-refractivity contribution in [3.05, 3.63) is 0 Å². The van der Waals surface area contributed by atoms with Crippen LogP contribution in [0, 0.1) is 0 Å². The smallest absolute Gasteiger partial charge is 0.335 e. The van der Waals surface area contributed by atoms with Crippen LogP contribution in [0.2, 0.25) is 0 Å². The maximum Gasteiger partial charge on any atom is 0.335 e. The van der Waals surface area contributed by atoms with E-state index in [1.54, 1.807) is 0 Å². The van der Waals surface area contributed by atoms with Gasteiger partial charge in [0.2, 0.25) is 0 Å². The van der Waals surface area contributed by atoms with Crippen LogP contribution in [0.3, 0.4) is 0 Å². The maximum absolute atomic E-state index is 10.1. The molecule has 33 heavy (non-hydrogen) atoms. The molecular formula is C16H36N2O15. The predicted molar refractivity (Wildman–Crippen MR) is 110 cm³/mol. The molecule has 4 atom stereocenters. The number of aliphatic hydroxyl groups is 5. The molecule has 14 N–H and O–H groups in total. The zero-order valence-corrected chi connectivity index (χ0v) is 18.6. The van der Waals surface area contributed by atoms with Gasteiger partial charge in [-0.3, -0.25) is 19.2 Å². The quantitative estimate of drug-likeness (QED) is 0.165. The summed E-state index contributed by atoms with van der Waals surface area (Å²) < 4.78 is 0. The van der Waals surface area contributed by atoms with E-state index in [1.807, 2.05) is 0 Å². The van der Waals surface area contributed by atoms with Crippen LogP contribution in [0.4, 0.5) is 0 Å². The molecule has 0 aliphatic rings. The van der Waals surface area contributed by atoms with Crippen LogP contribution >= 0.6 is 0 Å². The lowest BCUT2D eigenvalue weighted by Crippen LogP contribution is -2.48. The first-order valence-corrected chi connectivity index (χ1v) is 8.50. The number of rotatable bonds is 6. The Hall–Kier alpha value is -2.93. The highest BCUT2D eigenvalue weighted by Crippen LogP contribution is 2.04. The van der Waals surface area contributed by atoms with Crippen molar-refractivity contribution >= 4 is 29.8 Å². The number of nitrogens with two attached hydrogens (primary N) is 2. The van der Waals surface area contributed by atoms with Crippen LogP contribution in [0.1, 0.15) is 27.7 Å². The van der Waals surface area contributed by atoms with Gasteiger partial charge in [0.25, 0.3) is 23.9 Å². The van der Waals surface area contributed by atoms with Gasteiger partial charge < -0.3 is 62.5 Å². The molecule has 0 aliphatic heterocycles. The highest BCUT2D eigenvalue weighted by Gasteiger charge is 2.33. The van der Waals surface area contributed by atoms with Crippen molar-refractivity contribution in [1.82, 2.24) is 0 Å². The summed E-state index contributed by atoms with van der Waals surface area (Å²) in [4.78, 5) is 46.1. The highest BCUT2D eigenvalue weighted by atomic mass is 16.4. The number of hydrogen-bond acceptors (Lipinski definition) is 12. The van der Waals surface area contributed by atoms with E-state index in [0.29, 0.717) is 13.1 Å². The second-order valence-corrected chi connectivity index (χ2v) is 5.17. The zero-order chi connectivity index (χ0) is 28.3. The van der Waals surface area contributed by atoms with Crippen molar-refractivity contribution < 1.29 is 75.0 Å². The van der Waals surface area contributed by atoms with Crippen LogP contribution in [0.25, 0.3) is 0 Å². The van der Waals surface area contributed by atoms with Gasteiger partial charge in [0.1, 0.15) is 18.3 Å². The summed E-state index contributed by atoms with van der Waals surface area (Å²) >= 11 is 0. The van der Waals surface area contributed by atoms with Crippen molar-refractivity contribution in [1.29, 1.82) is 0 Å². The fourth-order valence-electron chi connectivity index (χ4n) is 0.668. The Labute approximate surface area is 189 Å². The lowest BCUT2D eigenvalue weighted by Gasteiger charge is -2.23. The molecule has 0 radical (unpaired) electrons. The Bertz CT molecular complexity index is 450. The summed E-state index contributed by atoms with van der Waals surface area (Å²) in [6.07, 6.45) is -7.84. The van der Waals surface area contributed by atoms with E-state index in [4.69, 9.17) is 81.7 Å². The molecule has 0 aromatic carbocycles. The van der Waals surface area contributed by atoms with E-state index in [2.05, 4.69) is 0 Å². The molecule has 0 aromatic heterocycles. The average molecular weight is 496 g/mol. The number of aliphatic hydroxyl groups excluding tert-OH is 5. The molecule has 0 unspecified atom stereocenters. The van der Waals surface area contributed by atoms with E-state index in [0.717, 1.165) is 27.7 Å². The Balaban J connectivity index is -0.0000000754. The molecule has 17 heteroatoms. The van der Waals surface area contributed by atoms with Gasteiger partial charge >= 0.3 is 5.97 Å². The van der Waals surface area contributed by atoms with Crippen molar-refractivity contribution in [3.63, 3.8) is 0 Å². The molecule has 0 heterocycles. The van der Waals surface area contributed by atoms with Crippen molar-refractivity contribution in [2.45, 2.75) is 52.1 Å². The van der Waals surface area contributed by atoms with Gasteiger partial charge in [0.15, 0.2) is 6.10 Å². The third-order valence-corrected chi connectivity index (χ3v) is 1.67. The number of carbonyl (C=O) groups is 5. The Morgan fingerprint density at radius 3 is 0.939 bits per heavy atom. The third-order valence-electron chi connectivity index (χ3n) is 1.67. The van der Waals surface area contributed by atoms with E-state index in [9.17, 15) is 4.79 Å². The number of hydrogen-bond donors (Lipinski definition) is 12. The van der Waals surface area contributed by atoms with Crippen molar-refractivity contribution in [3.8, 4) is 0 Å². The van der Waals surface area contributed by atoms with Gasteiger partial charge in [-0.25, -0.2) is 4.79 Å². The minimum Gasteiger partial charge on any atom is -0.481 e. The number of carboxylic acid groups (broad SMARTS) is 5. The van der Waals surface area contributed by atoms with Gasteiger partial charge in [-0.15, -0.1) is 0 Å². The summed E-state index contributed by atoms with van der Waals surface area (Å²) in [6.45, 7) is 4.69. The van der Waals surface area contributed by atoms with E-state index in [1.165, 1.54) is 0 Å². The van der Waals surface area contributed by atoms with Gasteiger partial charge in [-0.05, 0) is 0 Å². The molecule has 200 valence electrons. The Morgan fingerprint density at radius 1 is 0.606 bits per heavy atom. The summed E-state index contributed by atoms with van der Waals surface area (Å²) in [5.41, 5.74) is 9.81. The van der Waals surface area contributed by atoms with Gasteiger partial charge in [-0.2, -0.15) is 0 Å². The topological polar surface area (TPSA) is 340 Å². The fourth-order valence-corrected chi connectivity index (χ4v) is 0.668. The lowest BCUT2D eigenvalue weighted by atomic mass is 10.0. The molecule has 0 saturated carbocycles. The third kappa shape index (κ3) is 82.5. The van der Waals surface area contributed by atoms with Crippen LogP contribution in [0.5, 0.6) is 0 Å². The Kier molecular flexibility index (Phi) is 41.5. The summed E-state index contributed by atoms with van der Waals surface area (Å²) in [5, 5.41) is 81.5. The van der Waals surface area contributed by atoms with E-state index >= 15 is 0 Å². The highest BCUT2D eigenvalue weighted by molar-refractivity contribution is 5.72. The Morgan fingerprint density at radius 2 is 0.818 bits per heavy atom. The molecule has 0 bridgehead atoms. The van der Waals surface area contributed by atoms with Gasteiger partial charge in [-0.1, -0.05) is 0 Å². The largest absolute Gasteiger partial charge is 0.481 e. The summed E-state index contributed by atoms with van der Waals surface area (Å²) in [5.74, 6) is -5.06. The monoisotopic (exact) mass is 496 g/mol. The molecule has 0 fully saturated rings. The standard InChI is InChI=1S/C6H12O7.C2H8N2.4C2H4O2/c7-1-2(8)3(9)4(10)5(11)6(12)13;3-1-2-4;4*1-2(3)4/h2-5,7-11H,1H2,(H,12,13);1-4H2;4*1H3,(H,3,4)/t2-,3-,4+,5-;;;;;/m1...../s1. The maximum atomic E-state index is 10.1. The van der Waals surface area contributed by atoms with Crippen molar-refractivity contribution in [2.75, 3.05) is 19.7 Å². The predicted octanol–water partition coefficient (Wildman–Crippen LogP) is -4.23. The number of carboxylic acids is 5. The SMILES string of the molecule is CC(=O)O.CC(=O)O.CC(=O)O.CC(=O)O.NCCN.O=C(O)[C@H](O)[C@@H](O)[C@H](O)[C@H](O)CO. The molecule has 17 nitrogen and oxygen atoms in total. The minimum atomic E-state index is -2.20. The van der Waals surface area contributed by atoms with Gasteiger partial charge in [0, 0.05) is 40.8 Å². The molecule has 0 spiro atoms. The van der Waals surface area contributed by atoms with Gasteiger partial charge in [0.05, 0.1) is 6.61 Å². The van der Waals surface area contributed by atoms with E-state index < -0.39 is 60.9 Å². The summed E-state index contributed by atoms with van der Waals surface area (Å²) in [7, 11) is 0. The lowest BCUT2D eigenvalue weighted by molar-refractivity contribution is -0.164. The molecule has 0 amide bonds. The van der Waals surface area contributed by atoms with Crippen LogP contribution in [-0.4, -0.2) is 125 Å². The van der Waals surface area contributed by atoms with Crippen LogP contribution in [-0.2, 0) is 24.0 Å². The van der Waals surface area contributed by atoms with Crippen LogP contribution in [0.15, 0.2) is 0 Å². The fraction of sp³-hybridized carbons (Fsp3) is 0.688. The normalized spacial score (nSPS) is 12.0. The molecular weight excluding hydrogens is 460 g/mol. The molecule has 0 saturated heterocycles. The minimum absolute atomic E-state index is 0.597. The second kappa shape index (κ2) is 31.3. The first-order valence-electron chi connectivity index (χ1n) is 8.50. The first kappa shape index (κ1) is 43.9. The molecule has 0 aliphatic carbocycles. The molecule has 0 rings (SSSR count). The molecule has 0 aromatic rings. The number of aliphatic carboxylic acids is 5. The average Bonchev–Trinajstić information content (AvgIpc) is 2.63. The zero-order valence-electron chi connectivity index (χ0n) is 18.6. The van der Waals surface area contributed by atoms with Crippen LogP contribution < -0.4 is 11.5 Å². The van der Waals surface area contributed by atoms with Crippen molar-refractivity contribution in [2.24, 2.45) is 11.5 Å². The summed E-state index contributed by atoms with van der Waals surface area (Å²) in [6, 6.07) is 0. The van der Waals surface area contributed by atoms with E-state index in [-0.39, 0.29) is 0 Å².